The second-order valence-electron chi connectivity index (χ2n) is 4.67. The van der Waals surface area contributed by atoms with E-state index in [1.807, 2.05) is 6.07 Å². The highest BCUT2D eigenvalue weighted by molar-refractivity contribution is 6.36. The van der Waals surface area contributed by atoms with E-state index in [0.29, 0.717) is 40.8 Å². The first-order valence-electron chi connectivity index (χ1n) is 6.58. The van der Waals surface area contributed by atoms with E-state index in [2.05, 4.69) is 29.3 Å². The van der Waals surface area contributed by atoms with Crippen molar-refractivity contribution in [1.29, 1.82) is 0 Å². The van der Waals surface area contributed by atoms with Crippen LogP contribution >= 0.6 is 23.2 Å². The number of nitrogens with one attached hydrogen (secondary N) is 1. The maximum Gasteiger partial charge on any atom is 0.240 e. The van der Waals surface area contributed by atoms with Crippen LogP contribution in [0.2, 0.25) is 10.0 Å². The molecule has 108 valence electrons. The van der Waals surface area contributed by atoms with Crippen molar-refractivity contribution in [1.82, 2.24) is 15.5 Å². The molecular formula is C14H17Cl2N3O. The van der Waals surface area contributed by atoms with E-state index in [4.69, 9.17) is 27.7 Å². The first-order chi connectivity index (χ1) is 9.60. The summed E-state index contributed by atoms with van der Waals surface area (Å²) in [6.07, 6.45) is 1.52. The summed E-state index contributed by atoms with van der Waals surface area (Å²) in [5.74, 6) is 1.16. The Bertz CT molecular complexity index is 551. The van der Waals surface area contributed by atoms with Gasteiger partial charge in [-0.3, -0.25) is 0 Å². The third kappa shape index (κ3) is 3.95. The minimum atomic E-state index is 0.420. The lowest BCUT2D eigenvalue weighted by atomic mass is 10.1. The van der Waals surface area contributed by atoms with Crippen LogP contribution < -0.4 is 5.32 Å². The van der Waals surface area contributed by atoms with Gasteiger partial charge in [0.1, 0.15) is 0 Å². The fourth-order valence-electron chi connectivity index (χ4n) is 1.70. The highest BCUT2D eigenvalue weighted by Crippen LogP contribution is 2.26. The largest absolute Gasteiger partial charge is 0.338 e. The van der Waals surface area contributed by atoms with Crippen molar-refractivity contribution in [2.24, 2.45) is 0 Å². The van der Waals surface area contributed by atoms with Crippen LogP contribution in [0.3, 0.4) is 0 Å². The van der Waals surface area contributed by atoms with Gasteiger partial charge in [-0.05, 0) is 31.0 Å². The van der Waals surface area contributed by atoms with Crippen LogP contribution in [0.15, 0.2) is 22.7 Å². The molecule has 2 aromatic rings. The minimum absolute atomic E-state index is 0.420. The van der Waals surface area contributed by atoms with Gasteiger partial charge in [0.15, 0.2) is 5.82 Å². The zero-order valence-electron chi connectivity index (χ0n) is 11.5. The molecule has 0 saturated carbocycles. The number of aromatic nitrogens is 2. The summed E-state index contributed by atoms with van der Waals surface area (Å²) in [4.78, 5) is 4.34. The predicted molar refractivity (Wildman–Crippen MR) is 80.2 cm³/mol. The van der Waals surface area contributed by atoms with Crippen molar-refractivity contribution >= 4 is 23.2 Å². The van der Waals surface area contributed by atoms with Crippen molar-refractivity contribution in [3.8, 4) is 0 Å². The van der Waals surface area contributed by atoms with Crippen molar-refractivity contribution in [3.05, 3.63) is 45.5 Å². The Kier molecular flexibility index (Phi) is 5.40. The summed E-state index contributed by atoms with van der Waals surface area (Å²) in [6, 6.07) is 5.83. The molecular weight excluding hydrogens is 297 g/mol. The second-order valence-corrected chi connectivity index (χ2v) is 5.49. The number of rotatable bonds is 6. The van der Waals surface area contributed by atoms with Crippen LogP contribution in [0, 0.1) is 0 Å². The third-order valence-corrected chi connectivity index (χ3v) is 3.83. The van der Waals surface area contributed by atoms with E-state index in [9.17, 15) is 0 Å². The van der Waals surface area contributed by atoms with Crippen molar-refractivity contribution < 1.29 is 4.52 Å². The van der Waals surface area contributed by atoms with Crippen LogP contribution in [0.25, 0.3) is 0 Å². The molecule has 1 aromatic carbocycles. The predicted octanol–water partition coefficient (Wildman–Crippen LogP) is 3.86. The highest BCUT2D eigenvalue weighted by Gasteiger charge is 2.12. The lowest BCUT2D eigenvalue weighted by molar-refractivity contribution is 0.354. The quantitative estimate of drug-likeness (QED) is 0.880. The summed E-state index contributed by atoms with van der Waals surface area (Å²) < 4.78 is 5.20. The van der Waals surface area contributed by atoms with Gasteiger partial charge in [0.25, 0.3) is 0 Å². The average Bonchev–Trinajstić information content (AvgIpc) is 2.88. The number of nitrogens with zero attached hydrogens (tertiary/aromatic N) is 2. The van der Waals surface area contributed by atoms with Gasteiger partial charge in [-0.1, -0.05) is 41.3 Å². The number of hydrogen-bond acceptors (Lipinski definition) is 4. The summed E-state index contributed by atoms with van der Waals surface area (Å²) in [6.45, 7) is 4.80. The topological polar surface area (TPSA) is 51.0 Å². The maximum atomic E-state index is 6.12. The van der Waals surface area contributed by atoms with Gasteiger partial charge in [0.05, 0.1) is 6.54 Å². The lowest BCUT2D eigenvalue weighted by Gasteiger charge is -2.07. The van der Waals surface area contributed by atoms with Crippen molar-refractivity contribution in [2.45, 2.75) is 39.3 Å². The monoisotopic (exact) mass is 313 g/mol. The molecule has 1 unspecified atom stereocenters. The zero-order valence-corrected chi connectivity index (χ0v) is 13.0. The first-order valence-corrected chi connectivity index (χ1v) is 7.33. The molecule has 0 fully saturated rings. The molecule has 0 aliphatic carbocycles. The van der Waals surface area contributed by atoms with Gasteiger partial charge in [0, 0.05) is 22.5 Å². The van der Waals surface area contributed by atoms with Crippen molar-refractivity contribution in [2.75, 3.05) is 0 Å². The van der Waals surface area contributed by atoms with Crippen LogP contribution in [0.4, 0.5) is 0 Å². The van der Waals surface area contributed by atoms with Gasteiger partial charge in [-0.15, -0.1) is 0 Å². The summed E-state index contributed by atoms with van der Waals surface area (Å²) in [7, 11) is 0. The van der Waals surface area contributed by atoms with Crippen molar-refractivity contribution in [3.63, 3.8) is 0 Å². The Labute approximate surface area is 128 Å². The first kappa shape index (κ1) is 15.3. The van der Waals surface area contributed by atoms with Crippen LogP contribution in [0.5, 0.6) is 0 Å². The molecule has 0 amide bonds. The molecule has 2 rings (SSSR count). The van der Waals surface area contributed by atoms with E-state index in [1.165, 1.54) is 0 Å². The molecule has 1 aromatic heterocycles. The molecule has 0 bridgehead atoms. The number of hydrogen-bond donors (Lipinski definition) is 1. The minimum Gasteiger partial charge on any atom is -0.338 e. The average molecular weight is 314 g/mol. The Hall–Kier alpha value is -1.10. The SMILES string of the molecule is CCC(C)NCc1nc(Cc2c(Cl)cccc2Cl)no1. The molecule has 1 atom stereocenters. The molecule has 1 heterocycles. The maximum absolute atomic E-state index is 6.12. The molecule has 20 heavy (non-hydrogen) atoms. The van der Waals surface area contributed by atoms with Crippen LogP contribution in [-0.4, -0.2) is 16.2 Å². The number of halogens is 2. The molecule has 1 N–H and O–H groups in total. The molecule has 0 aliphatic rings. The second kappa shape index (κ2) is 7.07. The summed E-state index contributed by atoms with van der Waals surface area (Å²) >= 11 is 12.2. The third-order valence-electron chi connectivity index (χ3n) is 3.12. The van der Waals surface area contributed by atoms with Crippen LogP contribution in [0.1, 0.15) is 37.5 Å². The normalized spacial score (nSPS) is 12.6. The fourth-order valence-corrected chi connectivity index (χ4v) is 2.23. The summed E-state index contributed by atoms with van der Waals surface area (Å²) in [5, 5.41) is 8.48. The van der Waals surface area contributed by atoms with E-state index in [0.717, 1.165) is 12.0 Å². The molecule has 0 spiro atoms. The smallest absolute Gasteiger partial charge is 0.240 e. The Morgan fingerprint density at radius 2 is 2.00 bits per heavy atom. The molecule has 4 nitrogen and oxygen atoms in total. The lowest BCUT2D eigenvalue weighted by Crippen LogP contribution is -2.24. The van der Waals surface area contributed by atoms with E-state index in [1.54, 1.807) is 12.1 Å². The Morgan fingerprint density at radius 3 is 2.65 bits per heavy atom. The van der Waals surface area contributed by atoms with E-state index >= 15 is 0 Å². The Balaban J connectivity index is 2.02. The molecule has 0 saturated heterocycles. The van der Waals surface area contributed by atoms with Gasteiger partial charge < -0.3 is 9.84 Å². The van der Waals surface area contributed by atoms with Crippen LogP contribution in [-0.2, 0) is 13.0 Å². The van der Waals surface area contributed by atoms with E-state index in [-0.39, 0.29) is 0 Å². The zero-order chi connectivity index (χ0) is 14.5. The van der Waals surface area contributed by atoms with Gasteiger partial charge in [-0.25, -0.2) is 0 Å². The van der Waals surface area contributed by atoms with E-state index < -0.39 is 0 Å². The molecule has 0 radical (unpaired) electrons. The fraction of sp³-hybridized carbons (Fsp3) is 0.429. The van der Waals surface area contributed by atoms with Gasteiger partial charge >= 0.3 is 0 Å². The number of benzene rings is 1. The summed E-state index contributed by atoms with van der Waals surface area (Å²) in [5.41, 5.74) is 0.818. The standard InChI is InChI=1S/C14H17Cl2N3O/c1-3-9(2)17-8-14-18-13(19-20-14)7-10-11(15)5-4-6-12(10)16/h4-6,9,17H,3,7-8H2,1-2H3. The molecule has 0 aliphatic heterocycles. The highest BCUT2D eigenvalue weighted by atomic mass is 35.5. The Morgan fingerprint density at radius 1 is 1.30 bits per heavy atom. The van der Waals surface area contributed by atoms with Gasteiger partial charge in [-0.2, -0.15) is 4.98 Å². The molecule has 6 heteroatoms. The van der Waals surface area contributed by atoms with Gasteiger partial charge in [0.2, 0.25) is 5.89 Å².